The molecule has 0 saturated carbocycles. The Labute approximate surface area is 96.0 Å². The largest absolute Gasteiger partial charge is 0.454 e. The van der Waals surface area contributed by atoms with E-state index in [1.807, 2.05) is 32.0 Å². The topological polar surface area (TPSA) is 44.5 Å². The highest BCUT2D eigenvalue weighted by Gasteiger charge is 2.16. The molecule has 15 heavy (non-hydrogen) atoms. The Bertz CT molecular complexity index is 347. The van der Waals surface area contributed by atoms with Crippen LogP contribution in [0, 0.1) is 0 Å². The van der Waals surface area contributed by atoms with E-state index in [4.69, 9.17) is 15.2 Å². The van der Waals surface area contributed by atoms with Crippen LogP contribution in [0.3, 0.4) is 0 Å². The minimum atomic E-state index is -0.187. The summed E-state index contributed by atoms with van der Waals surface area (Å²) in [6, 6.07) is 5.96. The SMILES string of the molecule is CC(C)(N)Cc1ccc2c(c1)OCO2.Cl. The maximum Gasteiger partial charge on any atom is 0.231 e. The van der Waals surface area contributed by atoms with Gasteiger partial charge in [0.15, 0.2) is 11.5 Å². The fraction of sp³-hybridized carbons (Fsp3) is 0.455. The average Bonchev–Trinajstić information content (AvgIpc) is 2.47. The Balaban J connectivity index is 0.00000112. The lowest BCUT2D eigenvalue weighted by Crippen LogP contribution is -2.34. The molecule has 1 aromatic rings. The van der Waals surface area contributed by atoms with E-state index in [1.54, 1.807) is 0 Å². The lowest BCUT2D eigenvalue weighted by Gasteiger charge is -2.18. The van der Waals surface area contributed by atoms with Crippen molar-refractivity contribution in [1.29, 1.82) is 0 Å². The van der Waals surface area contributed by atoms with Gasteiger partial charge in [0, 0.05) is 5.54 Å². The van der Waals surface area contributed by atoms with Crippen molar-refractivity contribution in [3.8, 4) is 11.5 Å². The molecule has 1 heterocycles. The van der Waals surface area contributed by atoms with Crippen LogP contribution in [0.15, 0.2) is 18.2 Å². The molecular formula is C11H16ClNO2. The zero-order valence-electron chi connectivity index (χ0n) is 8.95. The average molecular weight is 230 g/mol. The lowest BCUT2D eigenvalue weighted by molar-refractivity contribution is 0.174. The lowest BCUT2D eigenvalue weighted by atomic mass is 9.96. The van der Waals surface area contributed by atoms with Crippen molar-refractivity contribution in [2.24, 2.45) is 5.73 Å². The van der Waals surface area contributed by atoms with E-state index in [1.165, 1.54) is 5.56 Å². The van der Waals surface area contributed by atoms with Gasteiger partial charge in [-0.1, -0.05) is 6.07 Å². The minimum Gasteiger partial charge on any atom is -0.454 e. The molecule has 3 nitrogen and oxygen atoms in total. The molecule has 4 heteroatoms. The molecule has 84 valence electrons. The number of fused-ring (bicyclic) bond motifs is 1. The van der Waals surface area contributed by atoms with Gasteiger partial charge >= 0.3 is 0 Å². The smallest absolute Gasteiger partial charge is 0.231 e. The number of rotatable bonds is 2. The van der Waals surface area contributed by atoms with Crippen molar-refractivity contribution < 1.29 is 9.47 Å². The third-order valence-corrected chi connectivity index (χ3v) is 2.10. The zero-order valence-corrected chi connectivity index (χ0v) is 9.76. The van der Waals surface area contributed by atoms with E-state index >= 15 is 0 Å². The zero-order chi connectivity index (χ0) is 10.2. The van der Waals surface area contributed by atoms with Crippen molar-refractivity contribution in [1.82, 2.24) is 0 Å². The van der Waals surface area contributed by atoms with Gasteiger partial charge in [-0.15, -0.1) is 12.4 Å². The second kappa shape index (κ2) is 4.29. The normalized spacial score (nSPS) is 13.5. The molecule has 2 rings (SSSR count). The van der Waals surface area contributed by atoms with Gasteiger partial charge < -0.3 is 15.2 Å². The highest BCUT2D eigenvalue weighted by molar-refractivity contribution is 5.85. The molecule has 1 aliphatic heterocycles. The minimum absolute atomic E-state index is 0. The maximum absolute atomic E-state index is 5.94. The van der Waals surface area contributed by atoms with Gasteiger partial charge in [-0.05, 0) is 38.0 Å². The first kappa shape index (κ1) is 12.1. The molecule has 0 aliphatic carbocycles. The highest BCUT2D eigenvalue weighted by atomic mass is 35.5. The summed E-state index contributed by atoms with van der Waals surface area (Å²) in [6.45, 7) is 4.35. The Morgan fingerprint density at radius 2 is 1.93 bits per heavy atom. The van der Waals surface area contributed by atoms with Crippen LogP contribution in [0.5, 0.6) is 11.5 Å². The Morgan fingerprint density at radius 3 is 2.60 bits per heavy atom. The van der Waals surface area contributed by atoms with Crippen LogP contribution in [0.2, 0.25) is 0 Å². The molecule has 1 aromatic carbocycles. The van der Waals surface area contributed by atoms with E-state index in [0.717, 1.165) is 17.9 Å². The maximum atomic E-state index is 5.94. The second-order valence-corrected chi connectivity index (χ2v) is 4.35. The molecule has 0 spiro atoms. The number of benzene rings is 1. The predicted octanol–water partition coefficient (Wildman–Crippen LogP) is 2.12. The number of hydrogen-bond donors (Lipinski definition) is 1. The molecule has 0 amide bonds. The first-order valence-corrected chi connectivity index (χ1v) is 4.72. The Hall–Kier alpha value is -0.930. The molecule has 0 bridgehead atoms. The van der Waals surface area contributed by atoms with Gasteiger partial charge in [-0.25, -0.2) is 0 Å². The summed E-state index contributed by atoms with van der Waals surface area (Å²) >= 11 is 0. The first-order chi connectivity index (χ1) is 6.54. The van der Waals surface area contributed by atoms with Crippen LogP contribution < -0.4 is 15.2 Å². The van der Waals surface area contributed by atoms with Gasteiger partial charge in [0.05, 0.1) is 0 Å². The fourth-order valence-corrected chi connectivity index (χ4v) is 1.58. The van der Waals surface area contributed by atoms with Crippen molar-refractivity contribution in [3.05, 3.63) is 23.8 Å². The quantitative estimate of drug-likeness (QED) is 0.845. The summed E-state index contributed by atoms with van der Waals surface area (Å²) in [7, 11) is 0. The standard InChI is InChI=1S/C11H15NO2.ClH/c1-11(2,12)6-8-3-4-9-10(5-8)14-7-13-9;/h3-5H,6-7,12H2,1-2H3;1H. The Kier molecular flexibility index (Phi) is 3.47. The molecule has 0 saturated heterocycles. The van der Waals surface area contributed by atoms with Gasteiger partial charge in [-0.3, -0.25) is 0 Å². The molecule has 0 fully saturated rings. The van der Waals surface area contributed by atoms with Gasteiger partial charge in [-0.2, -0.15) is 0 Å². The third kappa shape index (κ3) is 3.01. The molecule has 0 unspecified atom stereocenters. The summed E-state index contributed by atoms with van der Waals surface area (Å²) in [5.41, 5.74) is 6.94. The molecule has 0 radical (unpaired) electrons. The Morgan fingerprint density at radius 1 is 1.27 bits per heavy atom. The van der Waals surface area contributed by atoms with Crippen LogP contribution in [-0.2, 0) is 6.42 Å². The van der Waals surface area contributed by atoms with Crippen molar-refractivity contribution >= 4 is 12.4 Å². The number of hydrogen-bond acceptors (Lipinski definition) is 3. The summed E-state index contributed by atoms with van der Waals surface area (Å²) in [6.07, 6.45) is 0.837. The summed E-state index contributed by atoms with van der Waals surface area (Å²) in [4.78, 5) is 0. The van der Waals surface area contributed by atoms with Crippen molar-refractivity contribution in [2.45, 2.75) is 25.8 Å². The van der Waals surface area contributed by atoms with Crippen LogP contribution in [0.4, 0.5) is 0 Å². The summed E-state index contributed by atoms with van der Waals surface area (Å²) in [5.74, 6) is 1.65. The third-order valence-electron chi connectivity index (χ3n) is 2.10. The van der Waals surface area contributed by atoms with Crippen LogP contribution in [0.25, 0.3) is 0 Å². The molecule has 1 aliphatic rings. The predicted molar refractivity (Wildman–Crippen MR) is 61.8 cm³/mol. The van der Waals surface area contributed by atoms with Gasteiger partial charge in [0.25, 0.3) is 0 Å². The van der Waals surface area contributed by atoms with Gasteiger partial charge in [0.1, 0.15) is 0 Å². The van der Waals surface area contributed by atoms with Crippen molar-refractivity contribution in [2.75, 3.05) is 6.79 Å². The second-order valence-electron chi connectivity index (χ2n) is 4.35. The highest BCUT2D eigenvalue weighted by Crippen LogP contribution is 2.33. The molecule has 2 N–H and O–H groups in total. The summed E-state index contributed by atoms with van der Waals surface area (Å²) < 4.78 is 10.5. The van der Waals surface area contributed by atoms with Crippen LogP contribution >= 0.6 is 12.4 Å². The van der Waals surface area contributed by atoms with E-state index in [2.05, 4.69) is 0 Å². The molecule has 0 atom stereocenters. The molecular weight excluding hydrogens is 214 g/mol. The number of halogens is 1. The molecule has 0 aromatic heterocycles. The number of nitrogens with two attached hydrogens (primary N) is 1. The van der Waals surface area contributed by atoms with E-state index in [-0.39, 0.29) is 17.9 Å². The van der Waals surface area contributed by atoms with Crippen molar-refractivity contribution in [3.63, 3.8) is 0 Å². The summed E-state index contributed by atoms with van der Waals surface area (Å²) in [5, 5.41) is 0. The van der Waals surface area contributed by atoms with E-state index in [9.17, 15) is 0 Å². The van der Waals surface area contributed by atoms with E-state index in [0.29, 0.717) is 6.79 Å². The van der Waals surface area contributed by atoms with E-state index < -0.39 is 0 Å². The fourth-order valence-electron chi connectivity index (χ4n) is 1.58. The monoisotopic (exact) mass is 229 g/mol. The van der Waals surface area contributed by atoms with Crippen LogP contribution in [-0.4, -0.2) is 12.3 Å². The van der Waals surface area contributed by atoms with Gasteiger partial charge in [0.2, 0.25) is 6.79 Å². The van der Waals surface area contributed by atoms with Crippen LogP contribution in [0.1, 0.15) is 19.4 Å². The first-order valence-electron chi connectivity index (χ1n) is 4.72. The number of ether oxygens (including phenoxy) is 2.